The van der Waals surface area contributed by atoms with Crippen LogP contribution in [0.4, 0.5) is 0 Å². The van der Waals surface area contributed by atoms with Crippen LogP contribution in [-0.4, -0.2) is 73.1 Å². The third-order valence-corrected chi connectivity index (χ3v) is 10.4. The number of carbonyl (C=O) groups excluding carboxylic acids is 2. The summed E-state index contributed by atoms with van der Waals surface area (Å²) in [4.78, 5) is 25.9. The Balaban J connectivity index is 1.08. The fraction of sp³-hybridized carbons (Fsp3) is 0.512. The first-order chi connectivity index (χ1) is 24.8. The van der Waals surface area contributed by atoms with Crippen molar-refractivity contribution >= 4 is 11.8 Å². The average molecular weight is 700 g/mol. The second kappa shape index (κ2) is 17.7. The highest BCUT2D eigenvalue weighted by Gasteiger charge is 2.43. The fourth-order valence-corrected chi connectivity index (χ4v) is 7.28. The van der Waals surface area contributed by atoms with E-state index in [1.165, 1.54) is 6.92 Å². The van der Waals surface area contributed by atoms with Crippen LogP contribution in [0.1, 0.15) is 87.0 Å². The molecule has 0 aliphatic carbocycles. The Bertz CT molecular complexity index is 1560. The molecule has 3 aromatic rings. The van der Waals surface area contributed by atoms with Crippen LogP contribution in [0, 0.1) is 5.92 Å². The first-order valence-corrected chi connectivity index (χ1v) is 18.5. The van der Waals surface area contributed by atoms with Crippen molar-refractivity contribution in [3.63, 3.8) is 0 Å². The lowest BCUT2D eigenvalue weighted by Gasteiger charge is -2.44. The van der Waals surface area contributed by atoms with Gasteiger partial charge in [-0.05, 0) is 46.7 Å². The maximum Gasteiger partial charge on any atom is 0.220 e. The van der Waals surface area contributed by atoms with Crippen molar-refractivity contribution in [3.8, 4) is 11.1 Å². The lowest BCUT2D eigenvalue weighted by atomic mass is 9.89. The summed E-state index contributed by atoms with van der Waals surface area (Å²) in [5, 5.41) is 15.4. The quantitative estimate of drug-likeness (QED) is 0.181. The van der Waals surface area contributed by atoms with E-state index < -0.39 is 12.1 Å². The number of nitrogens with one attached hydrogen (secondary N) is 2. The fourth-order valence-electron chi connectivity index (χ4n) is 7.28. The van der Waals surface area contributed by atoms with Gasteiger partial charge in [0, 0.05) is 70.4 Å². The number of piperidine rings is 1. The molecule has 0 unspecified atom stereocenters. The number of amides is 2. The molecule has 3 aliphatic rings. The molecule has 0 saturated carbocycles. The van der Waals surface area contributed by atoms with Crippen LogP contribution in [0.15, 0.2) is 72.8 Å². The zero-order valence-electron chi connectivity index (χ0n) is 30.0. The largest absolute Gasteiger partial charge is 0.392 e. The molecule has 0 bridgehead atoms. The number of aliphatic hydroxyl groups is 1. The van der Waals surface area contributed by atoms with Gasteiger partial charge in [0.25, 0.3) is 0 Å². The Morgan fingerprint density at radius 3 is 2.27 bits per heavy atom. The SMILES string of the molecule is CC(=O)NCCCCCC(=O)NCc1cccc(-c2ccc([C@H]3O[C@@H](CN4CCC5(CC4)OCCO5)[C@@H](C)[C@@H](c4ccc(CO)cc4)O3)cc2)c1. The van der Waals surface area contributed by atoms with Crippen LogP contribution in [0.5, 0.6) is 0 Å². The maximum absolute atomic E-state index is 12.4. The van der Waals surface area contributed by atoms with E-state index in [1.54, 1.807) is 0 Å². The minimum atomic E-state index is -0.535. The van der Waals surface area contributed by atoms with E-state index in [4.69, 9.17) is 18.9 Å². The van der Waals surface area contributed by atoms with Crippen LogP contribution >= 0.6 is 0 Å². The molecule has 10 nitrogen and oxygen atoms in total. The Labute approximate surface area is 301 Å². The molecule has 1 spiro atoms. The lowest BCUT2D eigenvalue weighted by Crippen LogP contribution is -2.50. The van der Waals surface area contributed by atoms with Gasteiger partial charge in [-0.25, -0.2) is 0 Å². The average Bonchev–Trinajstić information content (AvgIpc) is 3.62. The summed E-state index contributed by atoms with van der Waals surface area (Å²) in [6.45, 7) is 8.77. The summed E-state index contributed by atoms with van der Waals surface area (Å²) in [6, 6.07) is 24.6. The van der Waals surface area contributed by atoms with Gasteiger partial charge in [-0.3, -0.25) is 9.59 Å². The number of unbranched alkanes of at least 4 members (excludes halogenated alkanes) is 2. The number of nitrogens with zero attached hydrogens (tertiary/aromatic N) is 1. The summed E-state index contributed by atoms with van der Waals surface area (Å²) in [6.07, 6.45) is 4.00. The number of aliphatic hydroxyl groups excluding tert-OH is 1. The smallest absolute Gasteiger partial charge is 0.220 e. The Morgan fingerprint density at radius 1 is 0.843 bits per heavy atom. The molecule has 0 aromatic heterocycles. The second-order valence-corrected chi connectivity index (χ2v) is 14.1. The number of benzene rings is 3. The number of ether oxygens (including phenoxy) is 4. The highest BCUT2D eigenvalue weighted by atomic mass is 16.7. The van der Waals surface area contributed by atoms with Gasteiger partial charge in [-0.2, -0.15) is 0 Å². The molecular weight excluding hydrogens is 646 g/mol. The lowest BCUT2D eigenvalue weighted by molar-refractivity contribution is -0.278. The summed E-state index contributed by atoms with van der Waals surface area (Å²) < 4.78 is 25.4. The minimum absolute atomic E-state index is 0.00647. The Morgan fingerprint density at radius 2 is 1.57 bits per heavy atom. The molecule has 2 amide bonds. The second-order valence-electron chi connectivity index (χ2n) is 14.1. The standard InChI is InChI=1S/C41H53N3O7/c1-29-37(27-44-21-18-41(19-22-44)48-23-24-49-41)50-40(51-39(29)34-12-10-31(28-45)11-13-34)35-16-14-33(15-17-35)36-8-6-7-32(25-36)26-43-38(47)9-4-3-5-20-42-30(2)46/h6-8,10-17,25,29,37,39-40,45H,3-5,9,18-24,26-28H2,1-2H3,(H,42,46)(H,43,47)/t29-,37+,39+,40+/m1/s1. The highest BCUT2D eigenvalue weighted by Crippen LogP contribution is 2.43. The van der Waals surface area contributed by atoms with Crippen LogP contribution in [0.25, 0.3) is 11.1 Å². The van der Waals surface area contributed by atoms with Crippen molar-refractivity contribution in [2.75, 3.05) is 39.4 Å². The summed E-state index contributed by atoms with van der Waals surface area (Å²) >= 11 is 0. The number of rotatable bonds is 14. The van der Waals surface area contributed by atoms with E-state index in [9.17, 15) is 14.7 Å². The molecule has 3 saturated heterocycles. The van der Waals surface area contributed by atoms with Gasteiger partial charge < -0.3 is 39.6 Å². The molecule has 4 atom stereocenters. The first-order valence-electron chi connectivity index (χ1n) is 18.5. The first kappa shape index (κ1) is 37.1. The van der Waals surface area contributed by atoms with Crippen molar-refractivity contribution in [1.82, 2.24) is 15.5 Å². The molecule has 3 fully saturated rings. The molecule has 274 valence electrons. The van der Waals surface area contributed by atoms with E-state index in [1.807, 2.05) is 24.3 Å². The van der Waals surface area contributed by atoms with E-state index in [2.05, 4.69) is 71.0 Å². The van der Waals surface area contributed by atoms with Gasteiger partial charge in [0.15, 0.2) is 12.1 Å². The third kappa shape index (κ3) is 10.0. The summed E-state index contributed by atoms with van der Waals surface area (Å²) in [5.74, 6) is -0.295. The molecule has 3 aliphatic heterocycles. The van der Waals surface area contributed by atoms with Gasteiger partial charge in [-0.15, -0.1) is 0 Å². The van der Waals surface area contributed by atoms with E-state index in [-0.39, 0.29) is 36.5 Å². The number of hydrogen-bond acceptors (Lipinski definition) is 8. The number of likely N-dealkylation sites (tertiary alicyclic amines) is 1. The zero-order valence-corrected chi connectivity index (χ0v) is 30.0. The van der Waals surface area contributed by atoms with Crippen molar-refractivity contribution in [2.45, 2.75) is 89.8 Å². The van der Waals surface area contributed by atoms with Crippen LogP contribution in [-0.2, 0) is 41.7 Å². The Hall–Kier alpha value is -3.64. The van der Waals surface area contributed by atoms with Gasteiger partial charge in [-0.1, -0.05) is 80.1 Å². The van der Waals surface area contributed by atoms with E-state index in [0.29, 0.717) is 32.7 Å². The van der Waals surface area contributed by atoms with Crippen molar-refractivity contribution in [2.24, 2.45) is 5.92 Å². The monoisotopic (exact) mass is 699 g/mol. The molecule has 0 radical (unpaired) electrons. The van der Waals surface area contributed by atoms with Crippen LogP contribution in [0.3, 0.4) is 0 Å². The predicted octanol–water partition coefficient (Wildman–Crippen LogP) is 5.79. The summed E-state index contributed by atoms with van der Waals surface area (Å²) in [5.41, 5.74) is 6.09. The number of hydrogen-bond donors (Lipinski definition) is 3. The van der Waals surface area contributed by atoms with Crippen LogP contribution < -0.4 is 10.6 Å². The van der Waals surface area contributed by atoms with Gasteiger partial charge >= 0.3 is 0 Å². The van der Waals surface area contributed by atoms with Gasteiger partial charge in [0.05, 0.1) is 32.0 Å². The zero-order chi connectivity index (χ0) is 35.6. The number of carbonyl (C=O) groups is 2. The van der Waals surface area contributed by atoms with Crippen molar-refractivity contribution < 1.29 is 33.6 Å². The topological polar surface area (TPSA) is 119 Å². The third-order valence-electron chi connectivity index (χ3n) is 10.4. The summed E-state index contributed by atoms with van der Waals surface area (Å²) in [7, 11) is 0. The predicted molar refractivity (Wildman–Crippen MR) is 194 cm³/mol. The van der Waals surface area contributed by atoms with Crippen molar-refractivity contribution in [3.05, 3.63) is 95.1 Å². The van der Waals surface area contributed by atoms with Gasteiger partial charge in [0.2, 0.25) is 11.8 Å². The van der Waals surface area contributed by atoms with E-state index in [0.717, 1.165) is 85.1 Å². The van der Waals surface area contributed by atoms with Crippen molar-refractivity contribution in [1.29, 1.82) is 0 Å². The normalized spacial score (nSPS) is 23.3. The molecule has 3 N–H and O–H groups in total. The Kier molecular flexibility index (Phi) is 12.9. The molecule has 3 aromatic carbocycles. The highest BCUT2D eigenvalue weighted by molar-refractivity contribution is 5.76. The minimum Gasteiger partial charge on any atom is -0.392 e. The van der Waals surface area contributed by atoms with Crippen LogP contribution in [0.2, 0.25) is 0 Å². The van der Waals surface area contributed by atoms with E-state index >= 15 is 0 Å². The van der Waals surface area contributed by atoms with Gasteiger partial charge in [0.1, 0.15) is 0 Å². The maximum atomic E-state index is 12.4. The molecule has 10 heteroatoms. The molecule has 6 rings (SSSR count). The molecular formula is C41H53N3O7. The molecule has 51 heavy (non-hydrogen) atoms. The molecule has 3 heterocycles.